The summed E-state index contributed by atoms with van der Waals surface area (Å²) in [5.74, 6) is 0. The first-order chi connectivity index (χ1) is 9.58. The average Bonchev–Trinajstić information content (AvgIpc) is 2.92. The normalized spacial score (nSPS) is 15.8. The topological polar surface area (TPSA) is 53.1 Å². The lowest BCUT2D eigenvalue weighted by Gasteiger charge is -2.27. The van der Waals surface area contributed by atoms with E-state index in [4.69, 9.17) is 10.5 Å². The molecule has 20 heavy (non-hydrogen) atoms. The Hall–Kier alpha value is -1.72. The Morgan fingerprint density at radius 1 is 1.35 bits per heavy atom. The molecule has 2 atom stereocenters. The highest BCUT2D eigenvalue weighted by Gasteiger charge is 2.32. The summed E-state index contributed by atoms with van der Waals surface area (Å²) in [5, 5.41) is 4.03. The predicted octanol–water partition coefficient (Wildman–Crippen LogP) is 2.16. The first-order valence-corrected chi connectivity index (χ1v) is 6.61. The summed E-state index contributed by atoms with van der Waals surface area (Å²) >= 11 is 0. The Morgan fingerprint density at radius 3 is 2.75 bits per heavy atom. The fourth-order valence-electron chi connectivity index (χ4n) is 1.85. The maximum atomic E-state index is 14.5. The average molecular weight is 277 g/mol. The first kappa shape index (κ1) is 14.7. The molecule has 0 saturated heterocycles. The van der Waals surface area contributed by atoms with Gasteiger partial charge in [-0.3, -0.25) is 4.68 Å². The molecule has 1 aromatic heterocycles. The van der Waals surface area contributed by atoms with Gasteiger partial charge in [0.15, 0.2) is 0 Å². The molecule has 1 aromatic carbocycles. The second-order valence-electron chi connectivity index (χ2n) is 5.09. The molecule has 1 heterocycles. The van der Waals surface area contributed by atoms with Crippen LogP contribution >= 0.6 is 0 Å². The van der Waals surface area contributed by atoms with Gasteiger partial charge in [0.1, 0.15) is 5.67 Å². The predicted molar refractivity (Wildman–Crippen MR) is 75.8 cm³/mol. The van der Waals surface area contributed by atoms with Crippen LogP contribution in [-0.4, -0.2) is 28.1 Å². The molecule has 0 radical (unpaired) electrons. The van der Waals surface area contributed by atoms with Crippen LogP contribution in [0, 0.1) is 0 Å². The van der Waals surface area contributed by atoms with Crippen molar-refractivity contribution in [2.75, 3.05) is 6.61 Å². The minimum atomic E-state index is -1.60. The van der Waals surface area contributed by atoms with E-state index >= 15 is 0 Å². The van der Waals surface area contributed by atoms with E-state index in [-0.39, 0.29) is 6.61 Å². The fraction of sp³-hybridized carbons (Fsp3) is 0.400. The third-order valence-electron chi connectivity index (χ3n) is 3.21. The van der Waals surface area contributed by atoms with Gasteiger partial charge >= 0.3 is 0 Å². The summed E-state index contributed by atoms with van der Waals surface area (Å²) in [7, 11) is 0. The zero-order valence-corrected chi connectivity index (χ0v) is 11.6. The molecule has 2 rings (SSSR count). The zero-order valence-electron chi connectivity index (χ0n) is 11.6. The molecular weight excluding hydrogens is 257 g/mol. The molecule has 0 spiro atoms. The Kier molecular flexibility index (Phi) is 4.87. The van der Waals surface area contributed by atoms with E-state index in [2.05, 4.69) is 5.10 Å². The molecule has 0 aliphatic rings. The zero-order chi connectivity index (χ0) is 14.4. The van der Waals surface area contributed by atoms with Crippen LogP contribution in [0.4, 0.5) is 4.39 Å². The molecule has 0 aliphatic carbocycles. The van der Waals surface area contributed by atoms with Crippen LogP contribution in [0.15, 0.2) is 48.8 Å². The Bertz CT molecular complexity index is 499. The summed E-state index contributed by atoms with van der Waals surface area (Å²) in [4.78, 5) is 0. The number of aromatic nitrogens is 2. The summed E-state index contributed by atoms with van der Waals surface area (Å²) in [6.45, 7) is 2.14. The lowest BCUT2D eigenvalue weighted by molar-refractivity contribution is -0.00103. The van der Waals surface area contributed by atoms with Crippen molar-refractivity contribution in [2.45, 2.75) is 31.8 Å². The molecule has 2 N–H and O–H groups in total. The maximum absolute atomic E-state index is 14.5. The third-order valence-corrected chi connectivity index (χ3v) is 3.21. The highest BCUT2D eigenvalue weighted by atomic mass is 19.1. The van der Waals surface area contributed by atoms with Crippen molar-refractivity contribution < 1.29 is 9.13 Å². The van der Waals surface area contributed by atoms with Crippen LogP contribution < -0.4 is 5.73 Å². The SMILES string of the molecule is CC(F)(COCc1ccccc1)[C@H](N)Cn1cccn1. The minimum absolute atomic E-state index is 0.0374. The number of nitrogens with two attached hydrogens (primary N) is 1. The van der Waals surface area contributed by atoms with Gasteiger partial charge in [0.2, 0.25) is 0 Å². The van der Waals surface area contributed by atoms with E-state index in [0.29, 0.717) is 13.2 Å². The highest BCUT2D eigenvalue weighted by Crippen LogP contribution is 2.17. The molecule has 0 bridgehead atoms. The summed E-state index contributed by atoms with van der Waals surface area (Å²) in [6, 6.07) is 10.8. The maximum Gasteiger partial charge on any atom is 0.148 e. The number of benzene rings is 1. The van der Waals surface area contributed by atoms with Gasteiger partial charge in [0.25, 0.3) is 0 Å². The number of hydrogen-bond donors (Lipinski definition) is 1. The van der Waals surface area contributed by atoms with Crippen LogP contribution in [0.3, 0.4) is 0 Å². The van der Waals surface area contributed by atoms with E-state index in [0.717, 1.165) is 5.56 Å². The largest absolute Gasteiger partial charge is 0.373 e. The fourth-order valence-corrected chi connectivity index (χ4v) is 1.85. The number of halogens is 1. The van der Waals surface area contributed by atoms with E-state index in [1.54, 1.807) is 23.1 Å². The molecular formula is C15H20FN3O. The van der Waals surface area contributed by atoms with Gasteiger partial charge in [-0.15, -0.1) is 0 Å². The van der Waals surface area contributed by atoms with Crippen molar-refractivity contribution in [3.05, 3.63) is 54.4 Å². The quantitative estimate of drug-likeness (QED) is 0.843. The van der Waals surface area contributed by atoms with E-state index < -0.39 is 11.7 Å². The van der Waals surface area contributed by atoms with Gasteiger partial charge in [0.05, 0.1) is 25.8 Å². The van der Waals surface area contributed by atoms with E-state index in [9.17, 15) is 4.39 Å². The van der Waals surface area contributed by atoms with E-state index in [1.807, 2.05) is 30.3 Å². The molecule has 0 aliphatic heterocycles. The van der Waals surface area contributed by atoms with Crippen molar-refractivity contribution in [3.63, 3.8) is 0 Å². The Morgan fingerprint density at radius 2 is 2.10 bits per heavy atom. The molecule has 0 fully saturated rings. The number of hydrogen-bond acceptors (Lipinski definition) is 3. The first-order valence-electron chi connectivity index (χ1n) is 6.61. The smallest absolute Gasteiger partial charge is 0.148 e. The number of nitrogens with zero attached hydrogens (tertiary/aromatic N) is 2. The van der Waals surface area contributed by atoms with Crippen molar-refractivity contribution in [3.8, 4) is 0 Å². The Balaban J connectivity index is 1.80. The molecule has 1 unspecified atom stereocenters. The van der Waals surface area contributed by atoms with Crippen molar-refractivity contribution in [2.24, 2.45) is 5.73 Å². The molecule has 108 valence electrons. The van der Waals surface area contributed by atoms with Crippen molar-refractivity contribution in [1.82, 2.24) is 9.78 Å². The molecule has 0 saturated carbocycles. The molecule has 5 heteroatoms. The van der Waals surface area contributed by atoms with Gasteiger partial charge in [-0.1, -0.05) is 30.3 Å². The van der Waals surface area contributed by atoms with Crippen LogP contribution in [0.25, 0.3) is 0 Å². The van der Waals surface area contributed by atoms with Crippen molar-refractivity contribution in [1.29, 1.82) is 0 Å². The minimum Gasteiger partial charge on any atom is -0.373 e. The van der Waals surface area contributed by atoms with Gasteiger partial charge < -0.3 is 10.5 Å². The van der Waals surface area contributed by atoms with Gasteiger partial charge in [-0.05, 0) is 18.6 Å². The Labute approximate surface area is 118 Å². The van der Waals surface area contributed by atoms with Crippen LogP contribution in [0.1, 0.15) is 12.5 Å². The summed E-state index contributed by atoms with van der Waals surface area (Å²) in [6.07, 6.45) is 3.41. The standard InChI is InChI=1S/C15H20FN3O/c1-15(16,14(17)10-19-9-5-8-18-19)12-20-11-13-6-3-2-4-7-13/h2-9,14H,10-12,17H2,1H3/t14-,15?/m1/s1. The summed E-state index contributed by atoms with van der Waals surface area (Å²) < 4.78 is 21.6. The second kappa shape index (κ2) is 6.63. The second-order valence-corrected chi connectivity index (χ2v) is 5.09. The molecule has 0 amide bonds. The van der Waals surface area contributed by atoms with E-state index in [1.165, 1.54) is 6.92 Å². The lowest BCUT2D eigenvalue weighted by atomic mass is 10.0. The highest BCUT2D eigenvalue weighted by molar-refractivity contribution is 5.13. The van der Waals surface area contributed by atoms with Crippen molar-refractivity contribution >= 4 is 0 Å². The molecule has 2 aromatic rings. The van der Waals surface area contributed by atoms with Crippen LogP contribution in [-0.2, 0) is 17.9 Å². The monoisotopic (exact) mass is 277 g/mol. The van der Waals surface area contributed by atoms with Gasteiger partial charge in [-0.25, -0.2) is 4.39 Å². The molecule has 4 nitrogen and oxygen atoms in total. The van der Waals surface area contributed by atoms with Gasteiger partial charge in [-0.2, -0.15) is 5.10 Å². The summed E-state index contributed by atoms with van der Waals surface area (Å²) in [5.41, 5.74) is 5.33. The lowest BCUT2D eigenvalue weighted by Crippen LogP contribution is -2.48. The number of rotatable bonds is 7. The van der Waals surface area contributed by atoms with Crippen LogP contribution in [0.5, 0.6) is 0 Å². The van der Waals surface area contributed by atoms with Gasteiger partial charge in [0, 0.05) is 12.4 Å². The number of ether oxygens (including phenoxy) is 1. The third kappa shape index (κ3) is 4.15. The number of alkyl halides is 1. The van der Waals surface area contributed by atoms with Crippen LogP contribution in [0.2, 0.25) is 0 Å².